The van der Waals surface area contributed by atoms with Gasteiger partial charge < -0.3 is 15.8 Å². The number of aliphatic imine (C=N–C) groups is 1. The second kappa shape index (κ2) is 8.53. The standard InChI is InChI=1S/C15H25N3O/c1-12(2)11-19-9-5-8-17-15(16)18-14-7-4-6-13(3)10-14/h4,6-7,10,12H,5,8-9,11H2,1-3H3,(H3,16,17,18). The number of nitrogens with two attached hydrogens (primary N) is 1. The van der Waals surface area contributed by atoms with Crippen LogP contribution in [0.25, 0.3) is 0 Å². The van der Waals surface area contributed by atoms with E-state index < -0.39 is 0 Å². The van der Waals surface area contributed by atoms with E-state index in [4.69, 9.17) is 10.5 Å². The van der Waals surface area contributed by atoms with Gasteiger partial charge in [0.1, 0.15) is 0 Å². The largest absolute Gasteiger partial charge is 0.381 e. The van der Waals surface area contributed by atoms with E-state index in [9.17, 15) is 0 Å². The lowest BCUT2D eigenvalue weighted by atomic mass is 10.2. The van der Waals surface area contributed by atoms with Gasteiger partial charge in [-0.2, -0.15) is 0 Å². The molecule has 0 unspecified atom stereocenters. The van der Waals surface area contributed by atoms with Crippen LogP contribution in [-0.2, 0) is 4.74 Å². The third kappa shape index (κ3) is 7.47. The maximum absolute atomic E-state index is 5.82. The molecule has 0 aliphatic carbocycles. The van der Waals surface area contributed by atoms with E-state index in [-0.39, 0.29) is 0 Å². The first-order valence-corrected chi connectivity index (χ1v) is 6.79. The number of hydrogen-bond acceptors (Lipinski definition) is 2. The van der Waals surface area contributed by atoms with E-state index in [1.165, 1.54) is 5.56 Å². The Morgan fingerprint density at radius 2 is 2.21 bits per heavy atom. The van der Waals surface area contributed by atoms with Crippen LogP contribution in [0.1, 0.15) is 25.8 Å². The Hall–Kier alpha value is -1.55. The fourth-order valence-corrected chi connectivity index (χ4v) is 1.60. The minimum Gasteiger partial charge on any atom is -0.381 e. The third-order valence-electron chi connectivity index (χ3n) is 2.47. The van der Waals surface area contributed by atoms with Crippen molar-refractivity contribution in [3.63, 3.8) is 0 Å². The molecule has 0 amide bonds. The highest BCUT2D eigenvalue weighted by Crippen LogP contribution is 2.08. The SMILES string of the molecule is Cc1cccc(NC(N)=NCCCOCC(C)C)c1. The fourth-order valence-electron chi connectivity index (χ4n) is 1.60. The average molecular weight is 263 g/mol. The van der Waals surface area contributed by atoms with Crippen LogP contribution in [-0.4, -0.2) is 25.7 Å². The first-order chi connectivity index (χ1) is 9.08. The summed E-state index contributed by atoms with van der Waals surface area (Å²) in [7, 11) is 0. The van der Waals surface area contributed by atoms with Crippen LogP contribution in [0.2, 0.25) is 0 Å². The normalized spacial score (nSPS) is 11.9. The molecule has 0 aliphatic rings. The monoisotopic (exact) mass is 263 g/mol. The summed E-state index contributed by atoms with van der Waals surface area (Å²) in [6.45, 7) is 8.55. The molecule has 106 valence electrons. The van der Waals surface area contributed by atoms with Crippen LogP contribution in [0, 0.1) is 12.8 Å². The van der Waals surface area contributed by atoms with Gasteiger partial charge >= 0.3 is 0 Å². The van der Waals surface area contributed by atoms with Crippen LogP contribution in [0.15, 0.2) is 29.3 Å². The van der Waals surface area contributed by atoms with Crippen molar-refractivity contribution in [2.45, 2.75) is 27.2 Å². The molecule has 1 rings (SSSR count). The minimum atomic E-state index is 0.453. The molecule has 3 N–H and O–H groups in total. The summed E-state index contributed by atoms with van der Waals surface area (Å²) in [5.74, 6) is 1.03. The number of aryl methyl sites for hydroxylation is 1. The van der Waals surface area contributed by atoms with Crippen molar-refractivity contribution < 1.29 is 4.74 Å². The van der Waals surface area contributed by atoms with Gasteiger partial charge in [0.2, 0.25) is 0 Å². The highest BCUT2D eigenvalue weighted by Gasteiger charge is 1.96. The van der Waals surface area contributed by atoms with Crippen molar-refractivity contribution >= 4 is 11.6 Å². The molecule has 0 heterocycles. The van der Waals surface area contributed by atoms with E-state index in [2.05, 4.69) is 24.2 Å². The molecule has 1 aromatic carbocycles. The lowest BCUT2D eigenvalue weighted by molar-refractivity contribution is 0.109. The van der Waals surface area contributed by atoms with Crippen molar-refractivity contribution in [1.29, 1.82) is 0 Å². The number of nitrogens with zero attached hydrogens (tertiary/aromatic N) is 1. The molecule has 0 fully saturated rings. The predicted molar refractivity (Wildman–Crippen MR) is 81.6 cm³/mol. The Bertz CT molecular complexity index is 402. The number of ether oxygens (including phenoxy) is 1. The van der Waals surface area contributed by atoms with E-state index in [0.29, 0.717) is 18.4 Å². The Morgan fingerprint density at radius 3 is 2.89 bits per heavy atom. The Balaban J connectivity index is 2.22. The van der Waals surface area contributed by atoms with Gasteiger partial charge in [-0.3, -0.25) is 4.99 Å². The first kappa shape index (κ1) is 15.5. The van der Waals surface area contributed by atoms with Crippen LogP contribution in [0.5, 0.6) is 0 Å². The quantitative estimate of drug-likeness (QED) is 0.452. The van der Waals surface area contributed by atoms with Crippen molar-refractivity contribution in [3.05, 3.63) is 29.8 Å². The summed E-state index contributed by atoms with van der Waals surface area (Å²) in [5.41, 5.74) is 7.98. The Labute approximate surface area is 116 Å². The summed E-state index contributed by atoms with van der Waals surface area (Å²) in [4.78, 5) is 4.27. The molecular formula is C15H25N3O. The van der Waals surface area contributed by atoms with Crippen LogP contribution in [0.4, 0.5) is 5.69 Å². The summed E-state index contributed by atoms with van der Waals surface area (Å²) in [6, 6.07) is 8.05. The molecule has 19 heavy (non-hydrogen) atoms. The fraction of sp³-hybridized carbons (Fsp3) is 0.533. The summed E-state index contributed by atoms with van der Waals surface area (Å²) in [5, 5.41) is 3.08. The Morgan fingerprint density at radius 1 is 1.42 bits per heavy atom. The van der Waals surface area contributed by atoms with Crippen molar-refractivity contribution in [3.8, 4) is 0 Å². The zero-order valence-electron chi connectivity index (χ0n) is 12.1. The van der Waals surface area contributed by atoms with Gasteiger partial charge in [0, 0.05) is 25.4 Å². The molecule has 0 saturated carbocycles. The third-order valence-corrected chi connectivity index (χ3v) is 2.47. The van der Waals surface area contributed by atoms with Gasteiger partial charge in [-0.25, -0.2) is 0 Å². The van der Waals surface area contributed by atoms with E-state index in [1.807, 2.05) is 31.2 Å². The summed E-state index contributed by atoms with van der Waals surface area (Å²) < 4.78 is 5.48. The molecule has 0 atom stereocenters. The van der Waals surface area contributed by atoms with Crippen molar-refractivity contribution in [2.24, 2.45) is 16.6 Å². The molecule has 0 aromatic heterocycles. The number of benzene rings is 1. The molecule has 1 aromatic rings. The molecule has 0 bridgehead atoms. The van der Waals surface area contributed by atoms with Gasteiger partial charge in [-0.15, -0.1) is 0 Å². The second-order valence-corrected chi connectivity index (χ2v) is 5.08. The van der Waals surface area contributed by atoms with Gasteiger partial charge in [-0.1, -0.05) is 26.0 Å². The molecule has 0 aliphatic heterocycles. The number of guanidine groups is 1. The van der Waals surface area contributed by atoms with Crippen molar-refractivity contribution in [1.82, 2.24) is 0 Å². The van der Waals surface area contributed by atoms with Gasteiger partial charge in [0.25, 0.3) is 0 Å². The first-order valence-electron chi connectivity index (χ1n) is 6.79. The van der Waals surface area contributed by atoms with Gasteiger partial charge in [-0.05, 0) is 37.0 Å². The van der Waals surface area contributed by atoms with Crippen LogP contribution in [0.3, 0.4) is 0 Å². The highest BCUT2D eigenvalue weighted by atomic mass is 16.5. The maximum Gasteiger partial charge on any atom is 0.193 e. The molecular weight excluding hydrogens is 238 g/mol. The zero-order chi connectivity index (χ0) is 14.1. The summed E-state index contributed by atoms with van der Waals surface area (Å²) >= 11 is 0. The lowest BCUT2D eigenvalue weighted by Crippen LogP contribution is -2.23. The Kier molecular flexibility index (Phi) is 6.97. The number of rotatable bonds is 7. The maximum atomic E-state index is 5.82. The molecule has 4 nitrogen and oxygen atoms in total. The summed E-state index contributed by atoms with van der Waals surface area (Å²) in [6.07, 6.45) is 0.892. The number of hydrogen-bond donors (Lipinski definition) is 2. The predicted octanol–water partition coefficient (Wildman–Crippen LogP) is 2.78. The molecule has 0 spiro atoms. The van der Waals surface area contributed by atoms with Crippen molar-refractivity contribution in [2.75, 3.05) is 25.1 Å². The number of anilines is 1. The van der Waals surface area contributed by atoms with Gasteiger partial charge in [0.15, 0.2) is 5.96 Å². The molecule has 0 saturated heterocycles. The molecule has 0 radical (unpaired) electrons. The highest BCUT2D eigenvalue weighted by molar-refractivity contribution is 5.92. The van der Waals surface area contributed by atoms with Crippen LogP contribution >= 0.6 is 0 Å². The van der Waals surface area contributed by atoms with Gasteiger partial charge in [0.05, 0.1) is 0 Å². The van der Waals surface area contributed by atoms with Crippen LogP contribution < -0.4 is 11.1 Å². The minimum absolute atomic E-state index is 0.453. The zero-order valence-corrected chi connectivity index (χ0v) is 12.1. The van der Waals surface area contributed by atoms with E-state index in [1.54, 1.807) is 0 Å². The average Bonchev–Trinajstić information content (AvgIpc) is 2.33. The lowest BCUT2D eigenvalue weighted by Gasteiger charge is -2.07. The smallest absolute Gasteiger partial charge is 0.193 e. The van der Waals surface area contributed by atoms with E-state index in [0.717, 1.165) is 25.3 Å². The number of nitrogens with one attached hydrogen (secondary N) is 1. The molecule has 4 heteroatoms. The van der Waals surface area contributed by atoms with E-state index >= 15 is 0 Å². The second-order valence-electron chi connectivity index (χ2n) is 5.08. The topological polar surface area (TPSA) is 59.6 Å².